The number of benzene rings is 1. The van der Waals surface area contributed by atoms with Gasteiger partial charge in [0.25, 0.3) is 5.91 Å². The number of aromatic carboxylic acids is 1. The average Bonchev–Trinajstić information content (AvgIpc) is 3.56. The molecule has 1 amide bonds. The van der Waals surface area contributed by atoms with Gasteiger partial charge in [-0.15, -0.1) is 5.10 Å². The minimum Gasteiger partial charge on any atom is -0.477 e. The first-order chi connectivity index (χ1) is 19.7. The Balaban J connectivity index is 1.04. The molecule has 10 heteroatoms. The van der Waals surface area contributed by atoms with Gasteiger partial charge >= 0.3 is 5.97 Å². The van der Waals surface area contributed by atoms with Crippen molar-refractivity contribution in [1.82, 2.24) is 29.4 Å². The van der Waals surface area contributed by atoms with Crippen LogP contribution in [0.3, 0.4) is 0 Å². The molecule has 41 heavy (non-hydrogen) atoms. The van der Waals surface area contributed by atoms with E-state index in [9.17, 15) is 14.7 Å². The molecule has 0 bridgehead atoms. The zero-order valence-electron chi connectivity index (χ0n) is 23.3. The predicted molar refractivity (Wildman–Crippen MR) is 153 cm³/mol. The van der Waals surface area contributed by atoms with Crippen molar-refractivity contribution in [3.05, 3.63) is 89.1 Å². The van der Waals surface area contributed by atoms with E-state index in [2.05, 4.69) is 68.2 Å². The van der Waals surface area contributed by atoms with Gasteiger partial charge in [0, 0.05) is 44.7 Å². The Morgan fingerprint density at radius 3 is 2.51 bits per heavy atom. The molecule has 1 N–H and O–H groups in total. The number of amides is 1. The van der Waals surface area contributed by atoms with E-state index in [0.717, 1.165) is 49.4 Å². The highest BCUT2D eigenvalue weighted by atomic mass is 16.4. The monoisotopic (exact) mass is 551 g/mol. The van der Waals surface area contributed by atoms with Gasteiger partial charge in [-0.2, -0.15) is 0 Å². The summed E-state index contributed by atoms with van der Waals surface area (Å²) in [6.07, 6.45) is 4.06. The van der Waals surface area contributed by atoms with Crippen molar-refractivity contribution in [1.29, 1.82) is 0 Å². The van der Waals surface area contributed by atoms with Gasteiger partial charge in [0.15, 0.2) is 5.65 Å². The number of aromatic nitrogens is 4. The summed E-state index contributed by atoms with van der Waals surface area (Å²) in [5.41, 5.74) is 4.92. The molecule has 4 aromatic rings. The lowest BCUT2D eigenvalue weighted by Crippen LogP contribution is -2.77. The second kappa shape index (κ2) is 9.37. The molecule has 3 saturated heterocycles. The van der Waals surface area contributed by atoms with Gasteiger partial charge in [0.1, 0.15) is 5.69 Å². The van der Waals surface area contributed by atoms with Crippen LogP contribution in [0.15, 0.2) is 60.8 Å². The molecule has 0 unspecified atom stereocenters. The van der Waals surface area contributed by atoms with Crippen molar-refractivity contribution < 1.29 is 14.7 Å². The van der Waals surface area contributed by atoms with Crippen LogP contribution in [0.5, 0.6) is 0 Å². The van der Waals surface area contributed by atoms with Gasteiger partial charge in [0.05, 0.1) is 23.1 Å². The number of carbonyl (C=O) groups excluding carboxylic acids is 1. The standard InChI is InChI=1S/C31H33N7O3/c1-21-15-24(35-13-11-30(2,18-35)22-7-4-3-5-8-22)17-38-27(21)33-26(34-38)28(39)36-19-31(20-36)12-14-37(31)16-23-9-6-10-25(32-23)29(40)41/h3-10,15,17H,11-14,16,18-20H2,1-2H3,(H,40,41)/t30-/m0/s1. The molecule has 0 radical (unpaired) electrons. The second-order valence-electron chi connectivity index (χ2n) is 12.1. The highest BCUT2D eigenvalue weighted by Crippen LogP contribution is 2.41. The van der Waals surface area contributed by atoms with Crippen LogP contribution in [0.4, 0.5) is 5.69 Å². The number of pyridine rings is 2. The van der Waals surface area contributed by atoms with Crippen LogP contribution in [0, 0.1) is 6.92 Å². The number of hydrogen-bond donors (Lipinski definition) is 1. The van der Waals surface area contributed by atoms with Crippen LogP contribution in [-0.2, 0) is 12.0 Å². The van der Waals surface area contributed by atoms with E-state index < -0.39 is 5.97 Å². The van der Waals surface area contributed by atoms with E-state index in [1.165, 1.54) is 11.6 Å². The normalized spacial score (nSPS) is 21.7. The van der Waals surface area contributed by atoms with Gasteiger partial charge in [-0.25, -0.2) is 19.3 Å². The number of aryl methyl sites for hydroxylation is 1. The molecule has 1 spiro atoms. The smallest absolute Gasteiger partial charge is 0.354 e. The number of carbonyl (C=O) groups is 2. The van der Waals surface area contributed by atoms with Crippen molar-refractivity contribution in [2.24, 2.45) is 0 Å². The lowest BCUT2D eigenvalue weighted by Gasteiger charge is -2.62. The molecule has 1 atom stereocenters. The van der Waals surface area contributed by atoms with Crippen LogP contribution in [-0.4, -0.2) is 84.6 Å². The van der Waals surface area contributed by atoms with Crippen molar-refractivity contribution in [3.8, 4) is 0 Å². The molecule has 3 fully saturated rings. The van der Waals surface area contributed by atoms with Gasteiger partial charge in [-0.3, -0.25) is 9.69 Å². The molecule has 7 rings (SSSR count). The number of anilines is 1. The highest BCUT2D eigenvalue weighted by molar-refractivity contribution is 5.92. The van der Waals surface area contributed by atoms with Crippen LogP contribution in [0.2, 0.25) is 0 Å². The van der Waals surface area contributed by atoms with Crippen LogP contribution in [0.25, 0.3) is 5.65 Å². The molecule has 10 nitrogen and oxygen atoms in total. The van der Waals surface area contributed by atoms with E-state index in [0.29, 0.717) is 25.3 Å². The maximum Gasteiger partial charge on any atom is 0.354 e. The quantitative estimate of drug-likeness (QED) is 0.389. The fourth-order valence-electron chi connectivity index (χ4n) is 6.67. The van der Waals surface area contributed by atoms with Crippen LogP contribution >= 0.6 is 0 Å². The fraction of sp³-hybridized carbons (Fsp3) is 0.387. The highest BCUT2D eigenvalue weighted by Gasteiger charge is 2.55. The molecular formula is C31H33N7O3. The van der Waals surface area contributed by atoms with Gasteiger partial charge in [0.2, 0.25) is 5.82 Å². The predicted octanol–water partition coefficient (Wildman–Crippen LogP) is 3.40. The minimum absolute atomic E-state index is 0.0498. The fourth-order valence-corrected chi connectivity index (χ4v) is 6.67. The number of likely N-dealkylation sites (tertiary alicyclic amines) is 2. The zero-order valence-corrected chi connectivity index (χ0v) is 23.3. The summed E-state index contributed by atoms with van der Waals surface area (Å²) in [6.45, 7) is 8.91. The summed E-state index contributed by atoms with van der Waals surface area (Å²) < 4.78 is 1.75. The molecule has 0 aliphatic carbocycles. The van der Waals surface area contributed by atoms with Gasteiger partial charge in [-0.1, -0.05) is 43.3 Å². The molecule has 210 valence electrons. The molecule has 3 aliphatic heterocycles. The number of fused-ring (bicyclic) bond motifs is 1. The number of rotatable bonds is 6. The number of nitrogens with zero attached hydrogens (tertiary/aromatic N) is 7. The second-order valence-corrected chi connectivity index (χ2v) is 12.1. The third-order valence-corrected chi connectivity index (χ3v) is 9.26. The lowest BCUT2D eigenvalue weighted by atomic mass is 9.77. The van der Waals surface area contributed by atoms with Crippen molar-refractivity contribution >= 4 is 23.2 Å². The molecule has 6 heterocycles. The van der Waals surface area contributed by atoms with Crippen LogP contribution < -0.4 is 4.90 Å². The van der Waals surface area contributed by atoms with E-state index in [1.54, 1.807) is 10.6 Å². The lowest BCUT2D eigenvalue weighted by molar-refractivity contribution is -0.113. The van der Waals surface area contributed by atoms with E-state index in [1.807, 2.05) is 24.1 Å². The maximum atomic E-state index is 13.4. The van der Waals surface area contributed by atoms with Crippen molar-refractivity contribution in [2.45, 2.75) is 44.2 Å². The number of carboxylic acid groups (broad SMARTS) is 1. The summed E-state index contributed by atoms with van der Waals surface area (Å²) in [5.74, 6) is -0.965. The summed E-state index contributed by atoms with van der Waals surface area (Å²) >= 11 is 0. The number of hydrogen-bond acceptors (Lipinski definition) is 7. The Morgan fingerprint density at radius 2 is 1.78 bits per heavy atom. The Labute approximate surface area is 238 Å². The van der Waals surface area contributed by atoms with Crippen LogP contribution in [0.1, 0.15) is 57.7 Å². The summed E-state index contributed by atoms with van der Waals surface area (Å²) in [6, 6.07) is 17.9. The maximum absolute atomic E-state index is 13.4. The molecule has 3 aliphatic rings. The number of carboxylic acids is 1. The summed E-state index contributed by atoms with van der Waals surface area (Å²) in [7, 11) is 0. The first kappa shape index (κ1) is 25.6. The Bertz CT molecular complexity index is 1660. The van der Waals surface area contributed by atoms with Crippen molar-refractivity contribution in [3.63, 3.8) is 0 Å². The Morgan fingerprint density at radius 1 is 0.976 bits per heavy atom. The first-order valence-electron chi connectivity index (χ1n) is 14.1. The Kier molecular flexibility index (Phi) is 5.86. The van der Waals surface area contributed by atoms with E-state index >= 15 is 0 Å². The summed E-state index contributed by atoms with van der Waals surface area (Å²) in [4.78, 5) is 40.1. The molecular weight excluding hydrogens is 518 g/mol. The minimum atomic E-state index is -1.03. The van der Waals surface area contributed by atoms with E-state index in [4.69, 9.17) is 0 Å². The SMILES string of the molecule is Cc1cc(N2CC[C@](C)(c3ccccc3)C2)cn2nc(C(=O)N3CC4(CCN4Cc4cccc(C(=O)O)n4)C3)nc12. The molecule has 3 aromatic heterocycles. The zero-order chi connectivity index (χ0) is 28.4. The van der Waals surface area contributed by atoms with Crippen molar-refractivity contribution in [2.75, 3.05) is 37.6 Å². The average molecular weight is 552 g/mol. The molecule has 1 aromatic carbocycles. The van der Waals surface area contributed by atoms with E-state index in [-0.39, 0.29) is 28.4 Å². The third-order valence-electron chi connectivity index (χ3n) is 9.26. The topological polar surface area (TPSA) is 107 Å². The van der Waals surface area contributed by atoms with Gasteiger partial charge in [-0.05, 0) is 49.1 Å². The first-order valence-corrected chi connectivity index (χ1v) is 14.1. The Hall–Kier alpha value is -4.31. The molecule has 0 saturated carbocycles. The van der Waals surface area contributed by atoms with Gasteiger partial charge < -0.3 is 14.9 Å². The summed E-state index contributed by atoms with van der Waals surface area (Å²) in [5, 5.41) is 13.9. The third kappa shape index (κ3) is 4.33. The largest absolute Gasteiger partial charge is 0.477 e.